The lowest BCUT2D eigenvalue weighted by atomic mass is 9.98. The Hall–Kier alpha value is -3.20. The highest BCUT2D eigenvalue weighted by molar-refractivity contribution is 5.87. The van der Waals surface area contributed by atoms with E-state index in [0.29, 0.717) is 5.75 Å². The second-order valence-electron chi connectivity index (χ2n) is 8.62. The molecular weight excluding hydrogens is 451 g/mol. The van der Waals surface area contributed by atoms with Crippen LogP contribution in [-0.4, -0.2) is 31.9 Å². The summed E-state index contributed by atoms with van der Waals surface area (Å²) >= 11 is 0. The van der Waals surface area contributed by atoms with Crippen LogP contribution in [0.5, 0.6) is 17.2 Å². The largest absolute Gasteiger partial charge is 0.507 e. The molecule has 9 heteroatoms. The average molecular weight is 478 g/mol. The number of aromatic hydroxyl groups is 1. The number of fused-ring (bicyclic) bond motifs is 1. The third kappa shape index (κ3) is 4.32. The van der Waals surface area contributed by atoms with Crippen LogP contribution in [0.4, 0.5) is 13.2 Å². The third-order valence-corrected chi connectivity index (χ3v) is 6.55. The first-order valence-corrected chi connectivity index (χ1v) is 11.1. The highest BCUT2D eigenvalue weighted by Gasteiger charge is 2.40. The number of hydrogen-bond donors (Lipinski definition) is 2. The van der Waals surface area contributed by atoms with E-state index in [2.05, 4.69) is 6.92 Å². The predicted octanol–water partition coefficient (Wildman–Crippen LogP) is 4.16. The Bertz CT molecular complexity index is 1270. The number of benzene rings is 2. The van der Waals surface area contributed by atoms with Gasteiger partial charge in [0.1, 0.15) is 12.3 Å². The molecule has 2 atom stereocenters. The molecule has 0 spiro atoms. The predicted molar refractivity (Wildman–Crippen MR) is 121 cm³/mol. The second-order valence-corrected chi connectivity index (χ2v) is 8.62. The highest BCUT2D eigenvalue weighted by Crippen LogP contribution is 2.41. The molecule has 0 aliphatic carbocycles. The van der Waals surface area contributed by atoms with Crippen LogP contribution in [0.3, 0.4) is 0 Å². The number of hydrogen-bond acceptors (Lipinski definition) is 5. The number of phenolic OH excluding ortho intramolecular Hbond substituents is 1. The van der Waals surface area contributed by atoms with E-state index >= 15 is 0 Å². The Morgan fingerprint density at radius 3 is 2.50 bits per heavy atom. The number of halogens is 3. The molecule has 182 valence electrons. The number of ether oxygens (including phenoxy) is 2. The quantitative estimate of drug-likeness (QED) is 0.576. The number of methoxy groups -OCH3 is 2. The molecule has 2 N–H and O–H groups in total. The summed E-state index contributed by atoms with van der Waals surface area (Å²) in [5.41, 5.74) is -1.47. The maximum Gasteiger partial charge on any atom is 0.450 e. The summed E-state index contributed by atoms with van der Waals surface area (Å²) in [5, 5.41) is 10.5. The van der Waals surface area contributed by atoms with Gasteiger partial charge in [-0.05, 0) is 56.0 Å². The smallest absolute Gasteiger partial charge is 0.450 e. The molecule has 0 bridgehead atoms. The topological polar surface area (TPSA) is 73.3 Å². The molecule has 6 nitrogen and oxygen atoms in total. The van der Waals surface area contributed by atoms with E-state index < -0.39 is 22.9 Å². The summed E-state index contributed by atoms with van der Waals surface area (Å²) in [6.45, 7) is 3.17. The van der Waals surface area contributed by atoms with E-state index in [1.807, 2.05) is 0 Å². The van der Waals surface area contributed by atoms with Crippen LogP contribution in [0.2, 0.25) is 0 Å². The molecule has 34 heavy (non-hydrogen) atoms. The molecule has 3 aromatic rings. The van der Waals surface area contributed by atoms with Gasteiger partial charge in [-0.25, -0.2) is 0 Å². The molecule has 1 aliphatic rings. The Kier molecular flexibility index (Phi) is 6.49. The van der Waals surface area contributed by atoms with Crippen molar-refractivity contribution in [1.29, 1.82) is 0 Å². The highest BCUT2D eigenvalue weighted by atomic mass is 19.4. The fraction of sp³-hybridized carbons (Fsp3) is 0.400. The van der Waals surface area contributed by atoms with E-state index in [4.69, 9.17) is 13.9 Å². The number of rotatable bonds is 5. The molecule has 0 saturated carbocycles. The van der Waals surface area contributed by atoms with Crippen molar-refractivity contribution >= 4 is 11.0 Å². The second kappa shape index (κ2) is 9.21. The lowest BCUT2D eigenvalue weighted by Gasteiger charge is -2.30. The van der Waals surface area contributed by atoms with Gasteiger partial charge in [-0.1, -0.05) is 6.07 Å². The zero-order valence-electron chi connectivity index (χ0n) is 19.2. The van der Waals surface area contributed by atoms with Crippen molar-refractivity contribution in [1.82, 2.24) is 0 Å². The summed E-state index contributed by atoms with van der Waals surface area (Å²) < 4.78 is 58.3. The van der Waals surface area contributed by atoms with Gasteiger partial charge in [0.2, 0.25) is 11.2 Å². The van der Waals surface area contributed by atoms with Crippen LogP contribution >= 0.6 is 0 Å². The van der Waals surface area contributed by atoms with Crippen molar-refractivity contribution in [3.63, 3.8) is 0 Å². The molecule has 2 heterocycles. The molecular formula is C25H27F3NO5+. The van der Waals surface area contributed by atoms with Gasteiger partial charge < -0.3 is 23.9 Å². The van der Waals surface area contributed by atoms with E-state index in [1.165, 1.54) is 44.6 Å². The van der Waals surface area contributed by atoms with Gasteiger partial charge in [0.15, 0.2) is 17.1 Å². The number of piperidine rings is 1. The Morgan fingerprint density at radius 1 is 1.12 bits per heavy atom. The lowest BCUT2D eigenvalue weighted by molar-refractivity contribution is -0.941. The summed E-state index contributed by atoms with van der Waals surface area (Å²) in [7, 11) is 2.76. The molecule has 1 saturated heterocycles. The van der Waals surface area contributed by atoms with Crippen LogP contribution in [-0.2, 0) is 12.7 Å². The minimum Gasteiger partial charge on any atom is -0.507 e. The van der Waals surface area contributed by atoms with Gasteiger partial charge in [0.05, 0.1) is 43.3 Å². The van der Waals surface area contributed by atoms with E-state index in [-0.39, 0.29) is 46.2 Å². The molecule has 0 amide bonds. The van der Waals surface area contributed by atoms with Crippen molar-refractivity contribution < 1.29 is 37.1 Å². The zero-order valence-corrected chi connectivity index (χ0v) is 19.2. The minimum atomic E-state index is -4.94. The van der Waals surface area contributed by atoms with Crippen molar-refractivity contribution in [2.24, 2.45) is 0 Å². The van der Waals surface area contributed by atoms with Gasteiger partial charge in [0.25, 0.3) is 0 Å². The van der Waals surface area contributed by atoms with Crippen LogP contribution in [0.1, 0.15) is 37.5 Å². The van der Waals surface area contributed by atoms with Crippen LogP contribution in [0, 0.1) is 0 Å². The normalized spacial score (nSPS) is 18.8. The van der Waals surface area contributed by atoms with Crippen LogP contribution in [0.15, 0.2) is 39.5 Å². The number of nitrogens with one attached hydrogen (secondary N) is 1. The first kappa shape index (κ1) is 23.9. The average Bonchev–Trinajstić information content (AvgIpc) is 2.81. The fourth-order valence-electron chi connectivity index (χ4n) is 4.67. The van der Waals surface area contributed by atoms with E-state index in [0.717, 1.165) is 30.7 Å². The van der Waals surface area contributed by atoms with Crippen LogP contribution < -0.4 is 19.8 Å². The molecule has 0 radical (unpaired) electrons. The summed E-state index contributed by atoms with van der Waals surface area (Å²) in [6, 6.07) is 7.03. The Morgan fingerprint density at radius 2 is 1.85 bits per heavy atom. The summed E-state index contributed by atoms with van der Waals surface area (Å²) in [5.74, 6) is -1.10. The van der Waals surface area contributed by atoms with Crippen molar-refractivity contribution in [3.05, 3.63) is 51.9 Å². The van der Waals surface area contributed by atoms with Crippen LogP contribution in [0.25, 0.3) is 22.1 Å². The Balaban J connectivity index is 1.96. The van der Waals surface area contributed by atoms with Crippen molar-refractivity contribution in [2.75, 3.05) is 20.8 Å². The molecule has 2 aromatic carbocycles. The number of alkyl halides is 3. The first-order chi connectivity index (χ1) is 16.2. The Labute approximate surface area is 194 Å². The first-order valence-electron chi connectivity index (χ1n) is 11.1. The molecule has 2 unspecified atom stereocenters. The van der Waals surface area contributed by atoms with Gasteiger partial charge in [-0.3, -0.25) is 4.79 Å². The third-order valence-electron chi connectivity index (χ3n) is 6.55. The number of phenols is 1. The van der Waals surface area contributed by atoms with Gasteiger partial charge in [-0.2, -0.15) is 13.2 Å². The maximum atomic E-state index is 14.2. The standard InChI is InChI=1S/C25H26F3NO5/c1-14-6-4-5-11-29(14)13-17-18(30)9-8-16-22(31)21(24(25(26,27)28)34-23(16)17)15-7-10-19(32-2)20(12-15)33-3/h7-10,12,14,30H,4-6,11,13H2,1-3H3/p+1. The summed E-state index contributed by atoms with van der Waals surface area (Å²) in [4.78, 5) is 14.6. The van der Waals surface area contributed by atoms with Crippen molar-refractivity contribution in [2.45, 2.75) is 44.9 Å². The SMILES string of the molecule is COc1ccc(-c2c(C(F)(F)F)oc3c(C[NH+]4CCCCC4C)c(O)ccc3c2=O)cc1OC. The molecule has 1 fully saturated rings. The van der Waals surface area contributed by atoms with Gasteiger partial charge in [-0.15, -0.1) is 0 Å². The number of likely N-dealkylation sites (tertiary alicyclic amines) is 1. The number of quaternary nitrogens is 1. The van der Waals surface area contributed by atoms with Gasteiger partial charge >= 0.3 is 6.18 Å². The lowest BCUT2D eigenvalue weighted by Crippen LogP contribution is -3.14. The maximum absolute atomic E-state index is 14.2. The molecule has 4 rings (SSSR count). The monoisotopic (exact) mass is 478 g/mol. The fourth-order valence-corrected chi connectivity index (χ4v) is 4.67. The van der Waals surface area contributed by atoms with E-state index in [1.54, 1.807) is 0 Å². The minimum absolute atomic E-state index is 0.00877. The van der Waals surface area contributed by atoms with Gasteiger partial charge in [0, 0.05) is 0 Å². The van der Waals surface area contributed by atoms with Crippen molar-refractivity contribution in [3.8, 4) is 28.4 Å². The molecule has 1 aromatic heterocycles. The summed E-state index contributed by atoms with van der Waals surface area (Å²) in [6.07, 6.45) is -1.87. The zero-order chi connectivity index (χ0) is 24.6. The molecule has 1 aliphatic heterocycles. The van der Waals surface area contributed by atoms with E-state index in [9.17, 15) is 23.1 Å².